The van der Waals surface area contributed by atoms with Crippen molar-refractivity contribution in [2.24, 2.45) is 0 Å². The van der Waals surface area contributed by atoms with Gasteiger partial charge in [0.25, 0.3) is 0 Å². The van der Waals surface area contributed by atoms with Crippen molar-refractivity contribution in [3.63, 3.8) is 0 Å². The van der Waals surface area contributed by atoms with Gasteiger partial charge in [-0.1, -0.05) is 24.8 Å². The Balaban J connectivity index is 3.50. The van der Waals surface area contributed by atoms with Crippen LogP contribution < -0.4 is 5.32 Å². The second-order valence-electron chi connectivity index (χ2n) is 2.25. The molecule has 0 spiro atoms. The molecule has 0 radical (unpaired) electrons. The number of carbonyl (C=O) groups is 1. The van der Waals surface area contributed by atoms with Gasteiger partial charge in [-0.25, -0.2) is 0 Å². The average Bonchev–Trinajstić information content (AvgIpc) is 2.00. The maximum atomic E-state index is 9.80. The van der Waals surface area contributed by atoms with Crippen LogP contribution in [0.5, 0.6) is 0 Å². The van der Waals surface area contributed by atoms with Gasteiger partial charge in [-0.05, 0) is 6.42 Å². The van der Waals surface area contributed by atoms with Crippen molar-refractivity contribution >= 4 is 6.41 Å². The van der Waals surface area contributed by atoms with Gasteiger partial charge in [-0.2, -0.15) is 0 Å². The van der Waals surface area contributed by atoms with Crippen molar-refractivity contribution in [3.05, 3.63) is 24.8 Å². The normalized spacial score (nSPS) is 11.7. The molecule has 3 heteroatoms. The topological polar surface area (TPSA) is 49.3 Å². The van der Waals surface area contributed by atoms with E-state index in [0.29, 0.717) is 12.8 Å². The standard InChI is InChI=1S/C8H13NO2/c1-3-7(2)4-8(11)5-9-6-10/h3,6,8,11H,1-2,4-5H2,(H,9,10). The molecular formula is C8H13NO2. The summed E-state index contributed by atoms with van der Waals surface area (Å²) in [5.41, 5.74) is 0.769. The number of carbonyl (C=O) groups excluding carboxylic acids is 1. The molecule has 0 aromatic carbocycles. The van der Waals surface area contributed by atoms with E-state index in [4.69, 9.17) is 5.11 Å². The van der Waals surface area contributed by atoms with Gasteiger partial charge < -0.3 is 10.4 Å². The van der Waals surface area contributed by atoms with E-state index in [9.17, 15) is 4.79 Å². The van der Waals surface area contributed by atoms with Crippen LogP contribution in [0.25, 0.3) is 0 Å². The largest absolute Gasteiger partial charge is 0.391 e. The summed E-state index contributed by atoms with van der Waals surface area (Å²) in [6.45, 7) is 7.38. The van der Waals surface area contributed by atoms with E-state index in [1.807, 2.05) is 0 Å². The second kappa shape index (κ2) is 5.68. The highest BCUT2D eigenvalue weighted by Crippen LogP contribution is 2.02. The minimum Gasteiger partial charge on any atom is -0.391 e. The lowest BCUT2D eigenvalue weighted by Crippen LogP contribution is -2.25. The van der Waals surface area contributed by atoms with Crippen LogP contribution >= 0.6 is 0 Å². The fraction of sp³-hybridized carbons (Fsp3) is 0.375. The molecule has 0 saturated carbocycles. The molecule has 1 unspecified atom stereocenters. The summed E-state index contributed by atoms with van der Waals surface area (Å²) >= 11 is 0. The molecule has 1 atom stereocenters. The number of allylic oxidation sites excluding steroid dienone is 1. The van der Waals surface area contributed by atoms with Crippen LogP contribution in [0.1, 0.15) is 6.42 Å². The Labute approximate surface area is 66.4 Å². The molecule has 0 fully saturated rings. The average molecular weight is 155 g/mol. The Kier molecular flexibility index (Phi) is 5.11. The van der Waals surface area contributed by atoms with E-state index in [2.05, 4.69) is 18.5 Å². The van der Waals surface area contributed by atoms with E-state index in [-0.39, 0.29) is 6.54 Å². The molecule has 0 aliphatic heterocycles. The van der Waals surface area contributed by atoms with Gasteiger partial charge >= 0.3 is 0 Å². The molecule has 0 heterocycles. The van der Waals surface area contributed by atoms with Crippen molar-refractivity contribution < 1.29 is 9.90 Å². The molecular weight excluding hydrogens is 142 g/mol. The van der Waals surface area contributed by atoms with Gasteiger partial charge in [-0.3, -0.25) is 4.79 Å². The van der Waals surface area contributed by atoms with Gasteiger partial charge in [0, 0.05) is 6.54 Å². The number of nitrogens with one attached hydrogen (secondary N) is 1. The molecule has 1 amide bonds. The molecule has 3 nitrogen and oxygen atoms in total. The highest BCUT2D eigenvalue weighted by Gasteiger charge is 2.02. The molecule has 2 N–H and O–H groups in total. The Morgan fingerprint density at radius 3 is 2.82 bits per heavy atom. The number of aliphatic hydroxyl groups is 1. The molecule has 62 valence electrons. The first-order valence-corrected chi connectivity index (χ1v) is 3.36. The number of rotatable bonds is 6. The molecule has 0 aliphatic carbocycles. The summed E-state index contributed by atoms with van der Waals surface area (Å²) in [5.74, 6) is 0. The molecule has 0 bridgehead atoms. The summed E-state index contributed by atoms with van der Waals surface area (Å²) < 4.78 is 0. The summed E-state index contributed by atoms with van der Waals surface area (Å²) in [6.07, 6.45) is 2.03. The summed E-state index contributed by atoms with van der Waals surface area (Å²) in [6, 6.07) is 0. The summed E-state index contributed by atoms with van der Waals surface area (Å²) in [7, 11) is 0. The fourth-order valence-corrected chi connectivity index (χ4v) is 0.642. The zero-order valence-electron chi connectivity index (χ0n) is 6.42. The summed E-state index contributed by atoms with van der Waals surface area (Å²) in [5, 5.41) is 11.5. The number of hydrogen-bond acceptors (Lipinski definition) is 2. The van der Waals surface area contributed by atoms with E-state index in [1.54, 1.807) is 6.08 Å². The van der Waals surface area contributed by atoms with Crippen LogP contribution in [-0.2, 0) is 4.79 Å². The predicted molar refractivity (Wildman–Crippen MR) is 44.0 cm³/mol. The number of aliphatic hydroxyl groups excluding tert-OH is 1. The van der Waals surface area contributed by atoms with Crippen LogP contribution in [-0.4, -0.2) is 24.2 Å². The van der Waals surface area contributed by atoms with Crippen LogP contribution in [0.4, 0.5) is 0 Å². The zero-order chi connectivity index (χ0) is 8.69. The van der Waals surface area contributed by atoms with Gasteiger partial charge in [-0.15, -0.1) is 0 Å². The number of amides is 1. The van der Waals surface area contributed by atoms with Crippen molar-refractivity contribution in [1.82, 2.24) is 5.32 Å². The third kappa shape index (κ3) is 5.36. The Morgan fingerprint density at radius 1 is 1.73 bits per heavy atom. The van der Waals surface area contributed by atoms with E-state index >= 15 is 0 Å². The third-order valence-electron chi connectivity index (χ3n) is 1.22. The van der Waals surface area contributed by atoms with Crippen LogP contribution in [0.3, 0.4) is 0 Å². The van der Waals surface area contributed by atoms with E-state index in [1.165, 1.54) is 0 Å². The van der Waals surface area contributed by atoms with Gasteiger partial charge in [0.15, 0.2) is 0 Å². The molecule has 11 heavy (non-hydrogen) atoms. The zero-order valence-corrected chi connectivity index (χ0v) is 6.42. The Hall–Kier alpha value is -1.09. The smallest absolute Gasteiger partial charge is 0.207 e. The van der Waals surface area contributed by atoms with Crippen molar-refractivity contribution in [2.45, 2.75) is 12.5 Å². The second-order valence-corrected chi connectivity index (χ2v) is 2.25. The monoisotopic (exact) mass is 155 g/mol. The van der Waals surface area contributed by atoms with Gasteiger partial charge in [0.05, 0.1) is 6.10 Å². The lowest BCUT2D eigenvalue weighted by molar-refractivity contribution is -0.109. The highest BCUT2D eigenvalue weighted by molar-refractivity contribution is 5.45. The summed E-state index contributed by atoms with van der Waals surface area (Å²) in [4.78, 5) is 9.80. The lowest BCUT2D eigenvalue weighted by atomic mass is 10.1. The minimum absolute atomic E-state index is 0.260. The van der Waals surface area contributed by atoms with Gasteiger partial charge in [0.2, 0.25) is 6.41 Å². The maximum absolute atomic E-state index is 9.80. The molecule has 0 saturated heterocycles. The van der Waals surface area contributed by atoms with Crippen molar-refractivity contribution in [1.29, 1.82) is 0 Å². The van der Waals surface area contributed by atoms with Crippen LogP contribution in [0.15, 0.2) is 24.8 Å². The first-order valence-electron chi connectivity index (χ1n) is 3.36. The predicted octanol–water partition coefficient (Wildman–Crippen LogP) is 0.226. The van der Waals surface area contributed by atoms with Crippen molar-refractivity contribution in [2.75, 3.05) is 6.54 Å². The maximum Gasteiger partial charge on any atom is 0.207 e. The van der Waals surface area contributed by atoms with Crippen LogP contribution in [0, 0.1) is 0 Å². The van der Waals surface area contributed by atoms with E-state index < -0.39 is 6.10 Å². The van der Waals surface area contributed by atoms with Gasteiger partial charge in [0.1, 0.15) is 0 Å². The Bertz CT molecular complexity index is 154. The fourth-order valence-electron chi connectivity index (χ4n) is 0.642. The molecule has 0 aromatic heterocycles. The number of hydrogen-bond donors (Lipinski definition) is 2. The van der Waals surface area contributed by atoms with Crippen molar-refractivity contribution in [3.8, 4) is 0 Å². The van der Waals surface area contributed by atoms with E-state index in [0.717, 1.165) is 5.57 Å². The molecule has 0 rings (SSSR count). The highest BCUT2D eigenvalue weighted by atomic mass is 16.3. The lowest BCUT2D eigenvalue weighted by Gasteiger charge is -2.08. The quantitative estimate of drug-likeness (QED) is 0.426. The van der Waals surface area contributed by atoms with Crippen LogP contribution in [0.2, 0.25) is 0 Å². The molecule has 0 aliphatic rings. The minimum atomic E-state index is -0.564. The SMILES string of the molecule is C=CC(=C)CC(O)CNC=O. The molecule has 0 aromatic rings. The Morgan fingerprint density at radius 2 is 2.36 bits per heavy atom. The first-order chi connectivity index (χ1) is 5.20. The first kappa shape index (κ1) is 9.91. The third-order valence-corrected chi connectivity index (χ3v) is 1.22.